The molecule has 2 aromatic carbocycles. The van der Waals surface area contributed by atoms with E-state index in [2.05, 4.69) is 20.9 Å². The van der Waals surface area contributed by atoms with Gasteiger partial charge in [-0.15, -0.1) is 0 Å². The second-order valence-electron chi connectivity index (χ2n) is 4.78. The number of fused-ring (bicyclic) bond motifs is 1. The molecule has 21 heavy (non-hydrogen) atoms. The number of nitrogens with zero attached hydrogens (tertiary/aromatic N) is 1. The Morgan fingerprint density at radius 2 is 1.86 bits per heavy atom. The van der Waals surface area contributed by atoms with E-state index in [4.69, 9.17) is 0 Å². The van der Waals surface area contributed by atoms with Gasteiger partial charge in [-0.05, 0) is 30.7 Å². The second kappa shape index (κ2) is 5.30. The van der Waals surface area contributed by atoms with Crippen molar-refractivity contribution in [3.63, 3.8) is 0 Å². The third-order valence-electron chi connectivity index (χ3n) is 3.44. The number of halogens is 1. The first-order valence-electron chi connectivity index (χ1n) is 6.44. The standard InChI is InChI=1S/C17H12BrNO2/c1-10-15(17(20)21)13-9-12(18)7-8-14(13)19-16(10)11-5-3-2-4-6-11/h2-9H,1H3,(H,20,21)/p-1. The van der Waals surface area contributed by atoms with E-state index in [0.717, 1.165) is 10.0 Å². The monoisotopic (exact) mass is 340 g/mol. The zero-order chi connectivity index (χ0) is 15.0. The highest BCUT2D eigenvalue weighted by Crippen LogP contribution is 2.30. The first kappa shape index (κ1) is 13.8. The van der Waals surface area contributed by atoms with Gasteiger partial charge in [0.2, 0.25) is 0 Å². The van der Waals surface area contributed by atoms with Crippen LogP contribution in [0, 0.1) is 6.92 Å². The number of rotatable bonds is 2. The number of carbonyl (C=O) groups excluding carboxylic acids is 1. The fourth-order valence-electron chi connectivity index (χ4n) is 2.47. The molecular formula is C17H11BrNO2-. The van der Waals surface area contributed by atoms with Crippen molar-refractivity contribution in [2.24, 2.45) is 0 Å². The minimum Gasteiger partial charge on any atom is -0.545 e. The van der Waals surface area contributed by atoms with Crippen molar-refractivity contribution in [1.82, 2.24) is 4.98 Å². The highest BCUT2D eigenvalue weighted by molar-refractivity contribution is 9.10. The molecule has 0 saturated carbocycles. The molecule has 0 bridgehead atoms. The van der Waals surface area contributed by atoms with Crippen LogP contribution in [0.15, 0.2) is 53.0 Å². The molecule has 3 aromatic rings. The minimum absolute atomic E-state index is 0.195. The molecule has 1 aromatic heterocycles. The van der Waals surface area contributed by atoms with Gasteiger partial charge in [0.15, 0.2) is 0 Å². The summed E-state index contributed by atoms with van der Waals surface area (Å²) in [6.45, 7) is 1.76. The van der Waals surface area contributed by atoms with Crippen LogP contribution in [0.3, 0.4) is 0 Å². The lowest BCUT2D eigenvalue weighted by Gasteiger charge is -2.15. The molecule has 0 atom stereocenters. The van der Waals surface area contributed by atoms with Crippen molar-refractivity contribution < 1.29 is 9.90 Å². The van der Waals surface area contributed by atoms with Gasteiger partial charge in [-0.25, -0.2) is 4.98 Å². The van der Waals surface area contributed by atoms with Gasteiger partial charge in [0, 0.05) is 21.0 Å². The van der Waals surface area contributed by atoms with E-state index in [9.17, 15) is 9.90 Å². The Labute approximate surface area is 130 Å². The highest BCUT2D eigenvalue weighted by atomic mass is 79.9. The highest BCUT2D eigenvalue weighted by Gasteiger charge is 2.14. The smallest absolute Gasteiger partial charge is 0.0745 e. The first-order chi connectivity index (χ1) is 10.1. The maximum absolute atomic E-state index is 11.6. The van der Waals surface area contributed by atoms with Crippen LogP contribution in [0.5, 0.6) is 0 Å². The summed E-state index contributed by atoms with van der Waals surface area (Å²) in [5.74, 6) is -1.19. The number of aromatic nitrogens is 1. The molecule has 0 aliphatic heterocycles. The number of benzene rings is 2. The molecular weight excluding hydrogens is 330 g/mol. The van der Waals surface area contributed by atoms with Gasteiger partial charge in [0.1, 0.15) is 0 Å². The lowest BCUT2D eigenvalue weighted by atomic mass is 9.98. The van der Waals surface area contributed by atoms with Gasteiger partial charge in [0.05, 0.1) is 17.2 Å². The summed E-state index contributed by atoms with van der Waals surface area (Å²) in [6.07, 6.45) is 0. The quantitative estimate of drug-likeness (QED) is 0.718. The van der Waals surface area contributed by atoms with Gasteiger partial charge in [-0.3, -0.25) is 0 Å². The number of carboxylic acid groups (broad SMARTS) is 1. The van der Waals surface area contributed by atoms with E-state index in [1.54, 1.807) is 19.1 Å². The van der Waals surface area contributed by atoms with Crippen molar-refractivity contribution in [3.05, 3.63) is 64.1 Å². The van der Waals surface area contributed by atoms with Crippen molar-refractivity contribution in [3.8, 4) is 11.3 Å². The summed E-state index contributed by atoms with van der Waals surface area (Å²) in [4.78, 5) is 16.2. The maximum atomic E-state index is 11.6. The van der Waals surface area contributed by atoms with Crippen molar-refractivity contribution in [1.29, 1.82) is 0 Å². The van der Waals surface area contributed by atoms with Crippen LogP contribution < -0.4 is 5.11 Å². The molecule has 3 nitrogen and oxygen atoms in total. The lowest BCUT2D eigenvalue weighted by molar-refractivity contribution is -0.254. The first-order valence-corrected chi connectivity index (χ1v) is 7.24. The summed E-state index contributed by atoms with van der Waals surface area (Å²) in [7, 11) is 0. The fraction of sp³-hybridized carbons (Fsp3) is 0.0588. The lowest BCUT2D eigenvalue weighted by Crippen LogP contribution is -2.24. The Balaban J connectivity index is 2.41. The van der Waals surface area contributed by atoms with E-state index >= 15 is 0 Å². The molecule has 0 unspecified atom stereocenters. The van der Waals surface area contributed by atoms with E-state index in [-0.39, 0.29) is 5.56 Å². The van der Waals surface area contributed by atoms with Gasteiger partial charge in [-0.1, -0.05) is 46.3 Å². The van der Waals surface area contributed by atoms with Crippen LogP contribution in [-0.2, 0) is 0 Å². The number of hydrogen-bond acceptors (Lipinski definition) is 3. The average Bonchev–Trinajstić information content (AvgIpc) is 2.47. The molecule has 0 fully saturated rings. The van der Waals surface area contributed by atoms with Crippen molar-refractivity contribution in [2.45, 2.75) is 6.92 Å². The number of pyridine rings is 1. The number of aromatic carboxylic acids is 1. The molecule has 0 aliphatic carbocycles. The largest absolute Gasteiger partial charge is 0.545 e. The van der Waals surface area contributed by atoms with Crippen molar-refractivity contribution in [2.75, 3.05) is 0 Å². The summed E-state index contributed by atoms with van der Waals surface area (Å²) in [5.41, 5.74) is 3.01. The SMILES string of the molecule is Cc1c(-c2ccccc2)nc2ccc(Br)cc2c1C(=O)[O-]. The molecule has 0 N–H and O–H groups in total. The van der Waals surface area contributed by atoms with Crippen LogP contribution in [0.4, 0.5) is 0 Å². The van der Waals surface area contributed by atoms with Crippen LogP contribution >= 0.6 is 15.9 Å². The molecule has 0 spiro atoms. The third-order valence-corrected chi connectivity index (χ3v) is 3.93. The van der Waals surface area contributed by atoms with Gasteiger partial charge < -0.3 is 9.90 Å². The number of hydrogen-bond donors (Lipinski definition) is 0. The predicted molar refractivity (Wildman–Crippen MR) is 83.9 cm³/mol. The van der Waals surface area contributed by atoms with Crippen LogP contribution in [0.25, 0.3) is 22.2 Å². The topological polar surface area (TPSA) is 53.0 Å². The minimum atomic E-state index is -1.19. The third kappa shape index (κ3) is 2.43. The summed E-state index contributed by atoms with van der Waals surface area (Å²) < 4.78 is 0.811. The molecule has 4 heteroatoms. The Hall–Kier alpha value is -2.20. The Bertz CT molecular complexity index is 844. The van der Waals surface area contributed by atoms with Crippen molar-refractivity contribution >= 4 is 32.8 Å². The summed E-state index contributed by atoms with van der Waals surface area (Å²) in [5, 5.41) is 12.2. The van der Waals surface area contributed by atoms with E-state index in [1.165, 1.54) is 0 Å². The van der Waals surface area contributed by atoms with E-state index < -0.39 is 5.97 Å². The van der Waals surface area contributed by atoms with Crippen LogP contribution in [0.2, 0.25) is 0 Å². The Morgan fingerprint density at radius 3 is 2.52 bits per heavy atom. The molecule has 0 radical (unpaired) electrons. The number of carbonyl (C=O) groups is 1. The Kier molecular flexibility index (Phi) is 3.47. The molecule has 0 aliphatic rings. The maximum Gasteiger partial charge on any atom is 0.0745 e. The molecule has 104 valence electrons. The van der Waals surface area contributed by atoms with Gasteiger partial charge >= 0.3 is 0 Å². The Morgan fingerprint density at radius 1 is 1.14 bits per heavy atom. The zero-order valence-electron chi connectivity index (χ0n) is 11.3. The molecule has 1 heterocycles. The average molecular weight is 341 g/mol. The van der Waals surface area contributed by atoms with Gasteiger partial charge in [0.25, 0.3) is 0 Å². The summed E-state index contributed by atoms with van der Waals surface area (Å²) in [6, 6.07) is 15.0. The van der Waals surface area contributed by atoms with Crippen LogP contribution in [-0.4, -0.2) is 11.0 Å². The van der Waals surface area contributed by atoms with E-state index in [1.807, 2.05) is 36.4 Å². The summed E-state index contributed by atoms with van der Waals surface area (Å²) >= 11 is 3.36. The fourth-order valence-corrected chi connectivity index (χ4v) is 2.83. The molecule has 3 rings (SSSR count). The van der Waals surface area contributed by atoms with Gasteiger partial charge in [-0.2, -0.15) is 0 Å². The van der Waals surface area contributed by atoms with E-state index in [0.29, 0.717) is 22.2 Å². The number of carboxylic acids is 1. The normalized spacial score (nSPS) is 10.8. The zero-order valence-corrected chi connectivity index (χ0v) is 12.8. The predicted octanol–water partition coefficient (Wildman–Crippen LogP) is 3.34. The molecule has 0 amide bonds. The second-order valence-corrected chi connectivity index (χ2v) is 5.69. The molecule has 0 saturated heterocycles. The van der Waals surface area contributed by atoms with Crippen LogP contribution in [0.1, 0.15) is 15.9 Å².